The summed E-state index contributed by atoms with van der Waals surface area (Å²) in [6.07, 6.45) is 0. The molecule has 110 valence electrons. The van der Waals surface area contributed by atoms with E-state index in [1.807, 2.05) is 74.5 Å². The number of benzene rings is 2. The van der Waals surface area contributed by atoms with Crippen molar-refractivity contribution in [2.24, 2.45) is 5.92 Å². The molecule has 2 aromatic rings. The third-order valence-corrected chi connectivity index (χ3v) is 4.69. The lowest BCUT2D eigenvalue weighted by molar-refractivity contribution is 0.410. The van der Waals surface area contributed by atoms with Gasteiger partial charge in [-0.1, -0.05) is 74.5 Å². The van der Waals surface area contributed by atoms with Crippen LogP contribution in [0.4, 0.5) is 0 Å². The molecular weight excluding hydrogens is 281 g/mol. The molecule has 0 saturated carbocycles. The Morgan fingerprint density at radius 1 is 0.905 bits per heavy atom. The summed E-state index contributed by atoms with van der Waals surface area (Å²) in [5, 5.41) is 3.35. The minimum atomic E-state index is -2.28. The fourth-order valence-corrected chi connectivity index (χ4v) is 3.14. The molecule has 0 bridgehead atoms. The molecule has 0 heterocycles. The van der Waals surface area contributed by atoms with Crippen LogP contribution in [0.1, 0.15) is 31.0 Å². The lowest BCUT2D eigenvalue weighted by Crippen LogP contribution is -2.34. The minimum Gasteiger partial charge on any atom is -0.260 e. The van der Waals surface area contributed by atoms with E-state index in [-0.39, 0.29) is 12.0 Å². The highest BCUT2D eigenvalue weighted by molar-refractivity contribution is 7.38. The molecule has 2 atom stereocenters. The standard InChI is InChI=1S/C17H20NO2P/c1-13(2)17(21(19)20)18-16(14-9-5-3-6-10-14)15-11-7-4-8-12-15/h3-13,16-18H,1-2H3/p+1. The summed E-state index contributed by atoms with van der Waals surface area (Å²) in [6.45, 7) is 3.91. The molecule has 0 amide bonds. The summed E-state index contributed by atoms with van der Waals surface area (Å²) < 4.78 is 11.6. The van der Waals surface area contributed by atoms with E-state index in [1.165, 1.54) is 0 Å². The van der Waals surface area contributed by atoms with Crippen LogP contribution in [0.3, 0.4) is 0 Å². The van der Waals surface area contributed by atoms with Crippen molar-refractivity contribution in [1.29, 1.82) is 0 Å². The summed E-state index contributed by atoms with van der Waals surface area (Å²) in [6, 6.07) is 19.9. The monoisotopic (exact) mass is 302 g/mol. The fraction of sp³-hybridized carbons (Fsp3) is 0.294. The molecule has 0 radical (unpaired) electrons. The van der Waals surface area contributed by atoms with Gasteiger partial charge in [-0.15, -0.1) is 0 Å². The lowest BCUT2D eigenvalue weighted by Gasteiger charge is -2.22. The maximum absolute atomic E-state index is 11.6. The van der Waals surface area contributed by atoms with Crippen LogP contribution >= 0.6 is 8.03 Å². The van der Waals surface area contributed by atoms with E-state index in [0.717, 1.165) is 11.1 Å². The van der Waals surface area contributed by atoms with Crippen LogP contribution in [0, 0.1) is 5.92 Å². The minimum absolute atomic E-state index is 0.0773. The zero-order chi connectivity index (χ0) is 15.2. The number of hydrogen-bond acceptors (Lipinski definition) is 2. The molecule has 0 spiro atoms. The molecule has 0 fully saturated rings. The van der Waals surface area contributed by atoms with Gasteiger partial charge in [0.25, 0.3) is 0 Å². The van der Waals surface area contributed by atoms with Gasteiger partial charge in [0.15, 0.2) is 0 Å². The van der Waals surface area contributed by atoms with Crippen LogP contribution in [-0.4, -0.2) is 10.7 Å². The summed E-state index contributed by atoms with van der Waals surface area (Å²) >= 11 is 0. The molecule has 0 aliphatic carbocycles. The van der Waals surface area contributed by atoms with Crippen molar-refractivity contribution in [1.82, 2.24) is 5.32 Å². The molecule has 0 saturated heterocycles. The summed E-state index contributed by atoms with van der Waals surface area (Å²) in [5.41, 5.74) is 2.18. The van der Waals surface area contributed by atoms with Crippen molar-refractivity contribution in [3.8, 4) is 0 Å². The van der Waals surface area contributed by atoms with Crippen LogP contribution < -0.4 is 5.32 Å². The van der Waals surface area contributed by atoms with E-state index in [1.54, 1.807) is 0 Å². The van der Waals surface area contributed by atoms with Gasteiger partial charge in [-0.25, -0.2) is 0 Å². The van der Waals surface area contributed by atoms with Crippen molar-refractivity contribution in [2.75, 3.05) is 0 Å². The van der Waals surface area contributed by atoms with Crippen LogP contribution in [0.5, 0.6) is 0 Å². The topological polar surface area (TPSA) is 49.3 Å². The Labute approximate surface area is 126 Å². The molecule has 0 aromatic heterocycles. The molecule has 2 rings (SSSR count). The Morgan fingerprint density at radius 2 is 1.33 bits per heavy atom. The maximum Gasteiger partial charge on any atom is 0.524 e. The predicted octanol–water partition coefficient (Wildman–Crippen LogP) is 4.08. The van der Waals surface area contributed by atoms with Crippen LogP contribution in [0.25, 0.3) is 0 Å². The Kier molecular flexibility index (Phi) is 5.63. The van der Waals surface area contributed by atoms with Gasteiger partial charge >= 0.3 is 8.03 Å². The van der Waals surface area contributed by atoms with Gasteiger partial charge in [0.1, 0.15) is 0 Å². The van der Waals surface area contributed by atoms with E-state index in [4.69, 9.17) is 0 Å². The summed E-state index contributed by atoms with van der Waals surface area (Å²) in [4.78, 5) is 9.57. The Morgan fingerprint density at radius 3 is 1.67 bits per heavy atom. The average molecular weight is 302 g/mol. The van der Waals surface area contributed by atoms with Gasteiger partial charge in [0, 0.05) is 5.92 Å². The van der Waals surface area contributed by atoms with Gasteiger partial charge in [-0.05, 0) is 15.7 Å². The molecule has 0 aliphatic rings. The van der Waals surface area contributed by atoms with Crippen molar-refractivity contribution in [3.05, 3.63) is 71.8 Å². The van der Waals surface area contributed by atoms with E-state index in [2.05, 4.69) is 5.32 Å². The highest BCUT2D eigenvalue weighted by Gasteiger charge is 2.35. The van der Waals surface area contributed by atoms with E-state index in [0.29, 0.717) is 0 Å². The van der Waals surface area contributed by atoms with Gasteiger partial charge in [-0.2, -0.15) is 4.89 Å². The lowest BCUT2D eigenvalue weighted by atomic mass is 9.98. The molecule has 3 nitrogen and oxygen atoms in total. The molecule has 21 heavy (non-hydrogen) atoms. The number of hydrogen-bond donors (Lipinski definition) is 2. The zero-order valence-electron chi connectivity index (χ0n) is 12.3. The van der Waals surface area contributed by atoms with Gasteiger partial charge in [0.05, 0.1) is 6.04 Å². The largest absolute Gasteiger partial charge is 0.524 e. The van der Waals surface area contributed by atoms with Crippen molar-refractivity contribution in [2.45, 2.75) is 25.7 Å². The van der Waals surface area contributed by atoms with Gasteiger partial charge < -0.3 is 0 Å². The number of rotatable bonds is 6. The predicted molar refractivity (Wildman–Crippen MR) is 86.3 cm³/mol. The Hall–Kier alpha value is -1.54. The first-order chi connectivity index (χ1) is 10.1. The van der Waals surface area contributed by atoms with Gasteiger partial charge in [-0.3, -0.25) is 5.32 Å². The molecule has 2 aromatic carbocycles. The molecule has 2 N–H and O–H groups in total. The zero-order valence-corrected chi connectivity index (χ0v) is 13.2. The van der Waals surface area contributed by atoms with E-state index in [9.17, 15) is 9.46 Å². The SMILES string of the molecule is CC(C)C(NC(c1ccccc1)c1ccccc1)[P+](=O)O. The third kappa shape index (κ3) is 4.21. The molecular formula is C17H21NO2P+. The molecule has 4 heteroatoms. The molecule has 0 aliphatic heterocycles. The first-order valence-corrected chi connectivity index (χ1v) is 8.39. The second-order valence-corrected chi connectivity index (χ2v) is 6.57. The second-order valence-electron chi connectivity index (χ2n) is 5.41. The second kappa shape index (κ2) is 7.46. The number of nitrogens with one attached hydrogen (secondary N) is 1. The van der Waals surface area contributed by atoms with Crippen molar-refractivity contribution < 1.29 is 9.46 Å². The van der Waals surface area contributed by atoms with Crippen LogP contribution in [0.15, 0.2) is 60.7 Å². The first kappa shape index (κ1) is 15.8. The smallest absolute Gasteiger partial charge is 0.260 e. The van der Waals surface area contributed by atoms with E-state index >= 15 is 0 Å². The maximum atomic E-state index is 11.6. The van der Waals surface area contributed by atoms with Gasteiger partial charge in [0.2, 0.25) is 5.78 Å². The highest BCUT2D eigenvalue weighted by atomic mass is 31.1. The van der Waals surface area contributed by atoms with Crippen molar-refractivity contribution >= 4 is 8.03 Å². The van der Waals surface area contributed by atoms with Crippen LogP contribution in [0.2, 0.25) is 0 Å². The van der Waals surface area contributed by atoms with Crippen LogP contribution in [-0.2, 0) is 4.57 Å². The first-order valence-electron chi connectivity index (χ1n) is 7.10. The normalized spacial score (nSPS) is 13.5. The third-order valence-electron chi connectivity index (χ3n) is 3.47. The molecule has 2 unspecified atom stereocenters. The summed E-state index contributed by atoms with van der Waals surface area (Å²) in [7, 11) is -2.28. The Bertz CT molecular complexity index is 532. The van der Waals surface area contributed by atoms with Crippen molar-refractivity contribution in [3.63, 3.8) is 0 Å². The Balaban J connectivity index is 2.35. The fourth-order valence-electron chi connectivity index (χ4n) is 2.36. The quantitative estimate of drug-likeness (QED) is 0.790. The summed E-state index contributed by atoms with van der Waals surface area (Å²) in [5.74, 6) is -0.362. The average Bonchev–Trinajstić information content (AvgIpc) is 2.49. The highest BCUT2D eigenvalue weighted by Crippen LogP contribution is 2.31. The van der Waals surface area contributed by atoms with E-state index < -0.39 is 13.8 Å².